The SMILES string of the molecule is CCN(CC)CCCN(C(=O)C=C1SCC(=O)N1C)c1c(C)cccc1C. The predicted molar refractivity (Wildman–Crippen MR) is 114 cm³/mol. The standard InChI is InChI=1S/C21H31N3O2S/c1-6-23(7-2)12-9-13-24(21-16(3)10-8-11-17(21)4)18(25)14-20-22(5)19(26)15-27-20/h8,10-11,14H,6-7,9,12-13,15H2,1-5H3. The number of aryl methyl sites for hydroxylation is 2. The summed E-state index contributed by atoms with van der Waals surface area (Å²) in [6.07, 6.45) is 2.52. The molecule has 2 amide bonds. The number of nitrogens with zero attached hydrogens (tertiary/aromatic N) is 3. The van der Waals surface area contributed by atoms with E-state index in [1.165, 1.54) is 11.8 Å². The molecule has 0 saturated carbocycles. The van der Waals surface area contributed by atoms with E-state index in [4.69, 9.17) is 0 Å². The van der Waals surface area contributed by atoms with Crippen LogP contribution in [0.4, 0.5) is 5.69 Å². The topological polar surface area (TPSA) is 43.9 Å². The minimum absolute atomic E-state index is 0.0409. The third-order valence-electron chi connectivity index (χ3n) is 5.02. The Kier molecular flexibility index (Phi) is 7.92. The molecule has 0 bridgehead atoms. The molecular formula is C21H31N3O2S. The molecule has 2 rings (SSSR count). The van der Waals surface area contributed by atoms with Crippen molar-refractivity contribution in [2.24, 2.45) is 0 Å². The van der Waals surface area contributed by atoms with Gasteiger partial charge in [-0.25, -0.2) is 0 Å². The van der Waals surface area contributed by atoms with Crippen LogP contribution < -0.4 is 4.90 Å². The van der Waals surface area contributed by atoms with Gasteiger partial charge in [0.05, 0.1) is 10.8 Å². The molecule has 6 heteroatoms. The Balaban J connectivity index is 2.25. The van der Waals surface area contributed by atoms with E-state index < -0.39 is 0 Å². The van der Waals surface area contributed by atoms with E-state index in [2.05, 4.69) is 18.7 Å². The summed E-state index contributed by atoms with van der Waals surface area (Å²) in [7, 11) is 1.73. The Labute approximate surface area is 167 Å². The van der Waals surface area contributed by atoms with E-state index in [0.29, 0.717) is 12.3 Å². The van der Waals surface area contributed by atoms with Crippen molar-refractivity contribution in [3.05, 3.63) is 40.4 Å². The molecule has 1 aromatic rings. The lowest BCUT2D eigenvalue weighted by atomic mass is 10.1. The minimum Gasteiger partial charge on any atom is -0.309 e. The van der Waals surface area contributed by atoms with Gasteiger partial charge >= 0.3 is 0 Å². The van der Waals surface area contributed by atoms with Gasteiger partial charge in [0, 0.05) is 25.4 Å². The minimum atomic E-state index is -0.0593. The summed E-state index contributed by atoms with van der Waals surface area (Å²) in [5.74, 6) is 0.385. The van der Waals surface area contributed by atoms with Crippen LogP contribution in [0.2, 0.25) is 0 Å². The van der Waals surface area contributed by atoms with Gasteiger partial charge in [-0.2, -0.15) is 0 Å². The van der Waals surface area contributed by atoms with Crippen molar-refractivity contribution in [2.75, 3.05) is 43.9 Å². The highest BCUT2D eigenvalue weighted by Gasteiger charge is 2.25. The third kappa shape index (κ3) is 5.36. The fourth-order valence-corrected chi connectivity index (χ4v) is 4.27. The van der Waals surface area contributed by atoms with Gasteiger partial charge in [0.1, 0.15) is 0 Å². The van der Waals surface area contributed by atoms with Gasteiger partial charge in [0.15, 0.2) is 0 Å². The molecule has 0 atom stereocenters. The van der Waals surface area contributed by atoms with Crippen LogP contribution in [0.3, 0.4) is 0 Å². The van der Waals surface area contributed by atoms with Crippen molar-refractivity contribution in [2.45, 2.75) is 34.1 Å². The van der Waals surface area contributed by atoms with Gasteiger partial charge in [-0.15, -0.1) is 0 Å². The zero-order chi connectivity index (χ0) is 20.0. The molecule has 1 saturated heterocycles. The number of hydrogen-bond acceptors (Lipinski definition) is 4. The van der Waals surface area contributed by atoms with E-state index in [-0.39, 0.29) is 11.8 Å². The molecule has 1 aliphatic heterocycles. The maximum Gasteiger partial charge on any atom is 0.253 e. The molecule has 0 N–H and O–H groups in total. The maximum absolute atomic E-state index is 13.2. The van der Waals surface area contributed by atoms with Gasteiger partial charge < -0.3 is 14.7 Å². The molecule has 1 fully saturated rings. The molecule has 1 aromatic carbocycles. The highest BCUT2D eigenvalue weighted by molar-refractivity contribution is 8.04. The van der Waals surface area contributed by atoms with Crippen LogP contribution in [0.1, 0.15) is 31.4 Å². The first-order chi connectivity index (χ1) is 12.9. The van der Waals surface area contributed by atoms with Gasteiger partial charge in [-0.3, -0.25) is 9.59 Å². The van der Waals surface area contributed by atoms with Gasteiger partial charge in [-0.05, 0) is 51.0 Å². The van der Waals surface area contributed by atoms with E-state index in [9.17, 15) is 9.59 Å². The van der Waals surface area contributed by atoms with E-state index in [1.807, 2.05) is 36.9 Å². The smallest absolute Gasteiger partial charge is 0.253 e. The fraction of sp³-hybridized carbons (Fsp3) is 0.524. The largest absolute Gasteiger partial charge is 0.309 e. The Hall–Kier alpha value is -1.79. The molecule has 0 unspecified atom stereocenters. The summed E-state index contributed by atoms with van der Waals surface area (Å²) in [5, 5.41) is 0.727. The quantitative estimate of drug-likeness (QED) is 0.639. The number of thioether (sulfide) groups is 1. The highest BCUT2D eigenvalue weighted by atomic mass is 32.2. The number of carbonyl (C=O) groups excluding carboxylic acids is 2. The zero-order valence-corrected chi connectivity index (χ0v) is 17.9. The van der Waals surface area contributed by atoms with Crippen LogP contribution in [0.5, 0.6) is 0 Å². The van der Waals surface area contributed by atoms with Crippen LogP contribution >= 0.6 is 11.8 Å². The van der Waals surface area contributed by atoms with Crippen molar-refractivity contribution in [1.29, 1.82) is 0 Å². The average Bonchev–Trinajstić information content (AvgIpc) is 2.95. The Morgan fingerprint density at radius 1 is 1.19 bits per heavy atom. The van der Waals surface area contributed by atoms with E-state index >= 15 is 0 Å². The van der Waals surface area contributed by atoms with Crippen molar-refractivity contribution < 1.29 is 9.59 Å². The Morgan fingerprint density at radius 2 is 1.81 bits per heavy atom. The summed E-state index contributed by atoms with van der Waals surface area (Å²) in [4.78, 5) is 30.7. The first kappa shape index (κ1) is 21.5. The van der Waals surface area contributed by atoms with E-state index in [1.54, 1.807) is 18.0 Å². The lowest BCUT2D eigenvalue weighted by Crippen LogP contribution is -2.35. The van der Waals surface area contributed by atoms with Crippen molar-refractivity contribution >= 4 is 29.3 Å². The maximum atomic E-state index is 13.2. The molecule has 1 aliphatic rings. The monoisotopic (exact) mass is 389 g/mol. The molecule has 0 aliphatic carbocycles. The molecule has 27 heavy (non-hydrogen) atoms. The summed E-state index contributed by atoms with van der Waals surface area (Å²) in [6.45, 7) is 12.1. The average molecular weight is 390 g/mol. The summed E-state index contributed by atoms with van der Waals surface area (Å²) in [5.41, 5.74) is 3.16. The zero-order valence-electron chi connectivity index (χ0n) is 17.1. The van der Waals surface area contributed by atoms with Crippen LogP contribution in [0, 0.1) is 13.8 Å². The first-order valence-corrected chi connectivity index (χ1v) is 10.6. The number of anilines is 1. The van der Waals surface area contributed by atoms with Gasteiger partial charge in [0.25, 0.3) is 5.91 Å². The normalized spacial score (nSPS) is 15.9. The Bertz CT molecular complexity index is 693. The van der Waals surface area contributed by atoms with Crippen molar-refractivity contribution in [3.8, 4) is 0 Å². The summed E-state index contributed by atoms with van der Waals surface area (Å²) >= 11 is 1.43. The lowest BCUT2D eigenvalue weighted by molar-refractivity contribution is -0.124. The van der Waals surface area contributed by atoms with Crippen LogP contribution in [-0.4, -0.2) is 60.6 Å². The molecule has 0 radical (unpaired) electrons. The van der Waals surface area contributed by atoms with Crippen LogP contribution in [-0.2, 0) is 9.59 Å². The molecule has 5 nitrogen and oxygen atoms in total. The second-order valence-electron chi connectivity index (χ2n) is 6.83. The first-order valence-electron chi connectivity index (χ1n) is 9.60. The fourth-order valence-electron chi connectivity index (χ4n) is 3.33. The number of rotatable bonds is 8. The summed E-state index contributed by atoms with van der Waals surface area (Å²) < 4.78 is 0. The second kappa shape index (κ2) is 9.95. The van der Waals surface area contributed by atoms with E-state index in [0.717, 1.165) is 47.9 Å². The third-order valence-corrected chi connectivity index (χ3v) is 6.10. The lowest BCUT2D eigenvalue weighted by Gasteiger charge is -2.27. The number of benzene rings is 1. The Morgan fingerprint density at radius 3 is 2.33 bits per heavy atom. The number of hydrogen-bond donors (Lipinski definition) is 0. The molecule has 0 aromatic heterocycles. The van der Waals surface area contributed by atoms with Crippen molar-refractivity contribution in [1.82, 2.24) is 9.80 Å². The molecule has 148 valence electrons. The molecule has 1 heterocycles. The number of carbonyl (C=O) groups is 2. The number of amides is 2. The van der Waals surface area contributed by atoms with Crippen molar-refractivity contribution in [3.63, 3.8) is 0 Å². The van der Waals surface area contributed by atoms with Crippen LogP contribution in [0.25, 0.3) is 0 Å². The summed E-state index contributed by atoms with van der Waals surface area (Å²) in [6, 6.07) is 6.10. The second-order valence-corrected chi connectivity index (χ2v) is 7.83. The molecule has 0 spiro atoms. The van der Waals surface area contributed by atoms with Gasteiger partial charge in [0.2, 0.25) is 5.91 Å². The van der Waals surface area contributed by atoms with Gasteiger partial charge in [-0.1, -0.05) is 43.8 Å². The predicted octanol–water partition coefficient (Wildman–Crippen LogP) is 3.41. The highest BCUT2D eigenvalue weighted by Crippen LogP contribution is 2.29. The molecular weight excluding hydrogens is 358 g/mol. The van der Waals surface area contributed by atoms with Crippen LogP contribution in [0.15, 0.2) is 29.3 Å². The number of para-hydroxylation sites is 1.